The van der Waals surface area contributed by atoms with Crippen molar-refractivity contribution in [2.45, 2.75) is 50.6 Å². The van der Waals surface area contributed by atoms with Crippen LogP contribution in [0.3, 0.4) is 0 Å². The predicted molar refractivity (Wildman–Crippen MR) is 114 cm³/mol. The molecule has 0 spiro atoms. The summed E-state index contributed by atoms with van der Waals surface area (Å²) in [6.07, 6.45) is -0.401. The molecule has 2 aliphatic rings. The van der Waals surface area contributed by atoms with Crippen LogP contribution in [0.4, 0.5) is 30.6 Å². The average molecular weight is 466 g/mol. The molecule has 0 aromatic carbocycles. The molecule has 1 fully saturated rings. The zero-order valence-electron chi connectivity index (χ0n) is 18.5. The summed E-state index contributed by atoms with van der Waals surface area (Å²) < 4.78 is 47.1. The van der Waals surface area contributed by atoms with Crippen LogP contribution in [-0.2, 0) is 16.1 Å². The number of alkyl halides is 3. The Hall–Kier alpha value is -3.15. The topological polar surface area (TPSA) is 102 Å². The third-order valence-electron chi connectivity index (χ3n) is 6.03. The van der Waals surface area contributed by atoms with Crippen LogP contribution < -0.4 is 20.3 Å². The van der Waals surface area contributed by atoms with Gasteiger partial charge in [-0.3, -0.25) is 4.79 Å². The van der Waals surface area contributed by atoms with E-state index in [1.54, 1.807) is 20.1 Å². The minimum Gasteiger partial charge on any atom is -0.468 e. The highest BCUT2D eigenvalue weighted by molar-refractivity contribution is 6.04. The fourth-order valence-corrected chi connectivity index (χ4v) is 4.17. The largest absolute Gasteiger partial charge is 0.468 e. The van der Waals surface area contributed by atoms with Crippen molar-refractivity contribution >= 4 is 23.4 Å². The maximum absolute atomic E-state index is 12.9. The first kappa shape index (κ1) is 23.0. The van der Waals surface area contributed by atoms with E-state index in [1.807, 2.05) is 11.9 Å². The number of fused-ring (bicyclic) bond motifs is 1. The number of halogens is 3. The SMILES string of the molecule is COC1(C2C(=O)Nc3c(C)nc(NCc4ccc(OCC(F)(F)F)nc4)nc3N2C)CCC1. The number of hydrogen-bond donors (Lipinski definition) is 2. The number of hydrogen-bond acceptors (Lipinski definition) is 8. The van der Waals surface area contributed by atoms with Gasteiger partial charge in [-0.05, 0) is 31.7 Å². The van der Waals surface area contributed by atoms with E-state index in [0.29, 0.717) is 35.3 Å². The number of methoxy groups -OCH3 is 1. The van der Waals surface area contributed by atoms with Gasteiger partial charge in [0.05, 0.1) is 11.3 Å². The highest BCUT2D eigenvalue weighted by atomic mass is 19.4. The zero-order chi connectivity index (χ0) is 23.8. The van der Waals surface area contributed by atoms with Crippen molar-refractivity contribution < 1.29 is 27.4 Å². The van der Waals surface area contributed by atoms with Crippen LogP contribution in [0.25, 0.3) is 0 Å². The Morgan fingerprint density at radius 1 is 1.30 bits per heavy atom. The van der Waals surface area contributed by atoms with Gasteiger partial charge < -0.3 is 25.0 Å². The van der Waals surface area contributed by atoms with Crippen molar-refractivity contribution in [2.24, 2.45) is 0 Å². The predicted octanol–water partition coefficient (Wildman–Crippen LogP) is 3.06. The van der Waals surface area contributed by atoms with Crippen molar-refractivity contribution in [3.05, 3.63) is 29.6 Å². The van der Waals surface area contributed by atoms with Gasteiger partial charge in [-0.25, -0.2) is 9.97 Å². The van der Waals surface area contributed by atoms with Crippen LogP contribution in [0, 0.1) is 6.92 Å². The Morgan fingerprint density at radius 2 is 2.06 bits per heavy atom. The first-order chi connectivity index (χ1) is 15.6. The van der Waals surface area contributed by atoms with Crippen molar-refractivity contribution in [1.29, 1.82) is 0 Å². The van der Waals surface area contributed by atoms with Gasteiger partial charge in [0.1, 0.15) is 11.7 Å². The molecule has 1 amide bonds. The first-order valence-electron chi connectivity index (χ1n) is 10.5. The summed E-state index contributed by atoms with van der Waals surface area (Å²) in [5, 5.41) is 6.03. The number of pyridine rings is 1. The quantitative estimate of drug-likeness (QED) is 0.642. The maximum Gasteiger partial charge on any atom is 0.422 e. The van der Waals surface area contributed by atoms with E-state index in [2.05, 4.69) is 30.3 Å². The number of carbonyl (C=O) groups is 1. The van der Waals surface area contributed by atoms with Gasteiger partial charge in [0.2, 0.25) is 17.7 Å². The molecule has 1 saturated carbocycles. The van der Waals surface area contributed by atoms with Gasteiger partial charge in [0.15, 0.2) is 12.4 Å². The molecule has 1 aliphatic carbocycles. The van der Waals surface area contributed by atoms with E-state index in [9.17, 15) is 18.0 Å². The molecule has 0 radical (unpaired) electrons. The van der Waals surface area contributed by atoms with E-state index in [1.165, 1.54) is 12.3 Å². The Labute approximate surface area is 188 Å². The van der Waals surface area contributed by atoms with Crippen LogP contribution >= 0.6 is 0 Å². The molecule has 1 aliphatic heterocycles. The Kier molecular flexibility index (Phi) is 6.04. The number of nitrogens with one attached hydrogen (secondary N) is 2. The summed E-state index contributed by atoms with van der Waals surface area (Å²) >= 11 is 0. The van der Waals surface area contributed by atoms with Crippen molar-refractivity contribution in [2.75, 3.05) is 36.3 Å². The fraction of sp³-hybridized carbons (Fsp3) is 0.524. The third-order valence-corrected chi connectivity index (χ3v) is 6.03. The van der Waals surface area contributed by atoms with Crippen LogP contribution in [0.15, 0.2) is 18.3 Å². The zero-order valence-corrected chi connectivity index (χ0v) is 18.5. The monoisotopic (exact) mass is 466 g/mol. The van der Waals surface area contributed by atoms with Gasteiger partial charge in [-0.15, -0.1) is 0 Å². The lowest BCUT2D eigenvalue weighted by Gasteiger charge is -2.50. The van der Waals surface area contributed by atoms with E-state index >= 15 is 0 Å². The van der Waals surface area contributed by atoms with Gasteiger partial charge >= 0.3 is 6.18 Å². The lowest BCUT2D eigenvalue weighted by Crippen LogP contribution is -2.64. The second-order valence-corrected chi connectivity index (χ2v) is 8.22. The van der Waals surface area contributed by atoms with E-state index in [4.69, 9.17) is 4.74 Å². The summed E-state index contributed by atoms with van der Waals surface area (Å²) in [5.74, 6) is 0.693. The Morgan fingerprint density at radius 3 is 2.64 bits per heavy atom. The highest BCUT2D eigenvalue weighted by Gasteiger charge is 2.52. The molecule has 4 rings (SSSR count). The summed E-state index contributed by atoms with van der Waals surface area (Å²) in [5.41, 5.74) is 1.34. The molecule has 1 atom stereocenters. The number of aryl methyl sites for hydroxylation is 1. The molecular formula is C21H25F3N6O3. The first-order valence-corrected chi connectivity index (χ1v) is 10.5. The number of amides is 1. The van der Waals surface area contributed by atoms with Crippen LogP contribution in [0.1, 0.15) is 30.5 Å². The second kappa shape index (κ2) is 8.65. The molecule has 0 saturated heterocycles. The smallest absolute Gasteiger partial charge is 0.422 e. The number of aromatic nitrogens is 3. The van der Waals surface area contributed by atoms with Crippen LogP contribution in [0.5, 0.6) is 5.88 Å². The molecule has 1 unspecified atom stereocenters. The van der Waals surface area contributed by atoms with Crippen LogP contribution in [0.2, 0.25) is 0 Å². The molecule has 12 heteroatoms. The normalized spacial score (nSPS) is 19.4. The minimum atomic E-state index is -4.42. The molecule has 2 aromatic heterocycles. The summed E-state index contributed by atoms with van der Waals surface area (Å²) in [6.45, 7) is 0.686. The maximum atomic E-state index is 12.9. The molecule has 0 bridgehead atoms. The van der Waals surface area contributed by atoms with E-state index in [0.717, 1.165) is 19.3 Å². The molecule has 2 aromatic rings. The van der Waals surface area contributed by atoms with Gasteiger partial charge in [-0.1, -0.05) is 6.07 Å². The number of anilines is 3. The lowest BCUT2D eigenvalue weighted by molar-refractivity contribution is -0.154. The number of rotatable bonds is 7. The summed E-state index contributed by atoms with van der Waals surface area (Å²) in [7, 11) is 3.45. The Bertz CT molecular complexity index is 1020. The average Bonchev–Trinajstić information content (AvgIpc) is 2.73. The molecule has 33 heavy (non-hydrogen) atoms. The second-order valence-electron chi connectivity index (χ2n) is 8.22. The minimum absolute atomic E-state index is 0.108. The number of ether oxygens (including phenoxy) is 2. The van der Waals surface area contributed by atoms with Gasteiger partial charge in [0.25, 0.3) is 0 Å². The summed E-state index contributed by atoms with van der Waals surface area (Å²) in [4.78, 5) is 27.6. The summed E-state index contributed by atoms with van der Waals surface area (Å²) in [6, 6.07) is 2.48. The Balaban J connectivity index is 1.47. The number of nitrogens with zero attached hydrogens (tertiary/aromatic N) is 4. The molecule has 9 nitrogen and oxygen atoms in total. The molecule has 3 heterocycles. The van der Waals surface area contributed by atoms with Crippen molar-refractivity contribution in [3.63, 3.8) is 0 Å². The highest BCUT2D eigenvalue weighted by Crippen LogP contribution is 2.44. The van der Waals surface area contributed by atoms with Crippen LogP contribution in [-0.4, -0.2) is 59.4 Å². The third kappa shape index (κ3) is 4.65. The van der Waals surface area contributed by atoms with Gasteiger partial charge in [-0.2, -0.15) is 18.2 Å². The molecular weight excluding hydrogens is 441 g/mol. The molecule has 178 valence electrons. The van der Waals surface area contributed by atoms with Crippen molar-refractivity contribution in [1.82, 2.24) is 15.0 Å². The van der Waals surface area contributed by atoms with Gasteiger partial charge in [0, 0.05) is 33.0 Å². The molecule has 2 N–H and O–H groups in total. The standard InChI is InChI=1S/C21H25F3N6O3/c1-12-15-17(30(2)16(18(31)28-15)20(32-3)7-4-8-20)29-19(27-12)26-10-13-5-6-14(25-9-13)33-11-21(22,23)24/h5-6,9,16H,4,7-8,10-11H2,1-3H3,(H,28,31)(H,26,27,29). The van der Waals surface area contributed by atoms with E-state index < -0.39 is 24.4 Å². The fourth-order valence-electron chi connectivity index (χ4n) is 4.17. The lowest BCUT2D eigenvalue weighted by atomic mass is 9.73. The number of carbonyl (C=O) groups excluding carboxylic acids is 1. The number of likely N-dealkylation sites (N-methyl/N-ethyl adjacent to an activating group) is 1. The van der Waals surface area contributed by atoms with Crippen molar-refractivity contribution in [3.8, 4) is 5.88 Å². The van der Waals surface area contributed by atoms with E-state index in [-0.39, 0.29) is 11.8 Å².